The lowest BCUT2D eigenvalue weighted by Crippen LogP contribution is -2.06. The quantitative estimate of drug-likeness (QED) is 0.707. The molecule has 3 rings (SSSR count). The molecule has 0 bridgehead atoms. The second-order valence-corrected chi connectivity index (χ2v) is 5.96. The van der Waals surface area contributed by atoms with Gasteiger partial charge in [0.15, 0.2) is 0 Å². The number of ether oxygens (including phenoxy) is 1. The van der Waals surface area contributed by atoms with Crippen LogP contribution < -0.4 is 0 Å². The summed E-state index contributed by atoms with van der Waals surface area (Å²) in [4.78, 5) is 14.4. The van der Waals surface area contributed by atoms with Crippen molar-refractivity contribution in [1.82, 2.24) is 10.2 Å². The Balaban J connectivity index is 1.97. The average Bonchev–Trinajstić information content (AvgIpc) is 3.10. The fraction of sp³-hybridized carbons (Fsp3) is 0.111. The molecular formula is C18H16N2O2S. The smallest absolute Gasteiger partial charge is 0.338 e. The first-order chi connectivity index (χ1) is 11.3. The van der Waals surface area contributed by atoms with E-state index in [1.54, 1.807) is 24.9 Å². The summed E-state index contributed by atoms with van der Waals surface area (Å²) in [5.41, 5.74) is 2.12. The number of rotatable bonds is 5. The number of benzene rings is 2. The van der Waals surface area contributed by atoms with Crippen LogP contribution in [-0.2, 0) is 4.74 Å². The molecule has 0 fully saturated rings. The molecule has 0 amide bonds. The molecule has 116 valence electrons. The summed E-state index contributed by atoms with van der Waals surface area (Å²) >= 11 is 1.61. The van der Waals surface area contributed by atoms with Gasteiger partial charge < -0.3 is 4.74 Å². The van der Waals surface area contributed by atoms with Gasteiger partial charge in [0.25, 0.3) is 0 Å². The molecule has 5 heteroatoms. The fourth-order valence-corrected chi connectivity index (χ4v) is 3.11. The highest BCUT2D eigenvalue weighted by Crippen LogP contribution is 2.32. The molecule has 0 atom stereocenters. The maximum absolute atomic E-state index is 12.3. The van der Waals surface area contributed by atoms with Crippen molar-refractivity contribution in [2.45, 2.75) is 16.7 Å². The summed E-state index contributed by atoms with van der Waals surface area (Å²) in [5, 5.41) is 6.85. The number of carbonyl (C=O) groups is 1. The van der Waals surface area contributed by atoms with Gasteiger partial charge in [-0.2, -0.15) is 5.10 Å². The standard InChI is InChI=1S/C18H16N2O2S/c1-2-22-18(21)16-12-14(23-13-6-4-3-5-7-13)8-9-15(16)17-10-11-19-20-17/h3-12H,2H2,1H3,(H,19,20). The zero-order valence-electron chi connectivity index (χ0n) is 12.7. The molecule has 0 saturated heterocycles. The highest BCUT2D eigenvalue weighted by molar-refractivity contribution is 7.99. The van der Waals surface area contributed by atoms with Gasteiger partial charge in [-0.1, -0.05) is 36.0 Å². The zero-order chi connectivity index (χ0) is 16.1. The van der Waals surface area contributed by atoms with Crippen LogP contribution in [0.3, 0.4) is 0 Å². The van der Waals surface area contributed by atoms with Crippen LogP contribution in [0.15, 0.2) is 70.6 Å². The van der Waals surface area contributed by atoms with Crippen LogP contribution in [0.1, 0.15) is 17.3 Å². The van der Waals surface area contributed by atoms with Crippen molar-refractivity contribution >= 4 is 17.7 Å². The highest BCUT2D eigenvalue weighted by atomic mass is 32.2. The third-order valence-electron chi connectivity index (χ3n) is 3.26. The lowest BCUT2D eigenvalue weighted by Gasteiger charge is -2.10. The van der Waals surface area contributed by atoms with Gasteiger partial charge in [-0.25, -0.2) is 4.79 Å². The van der Waals surface area contributed by atoms with Gasteiger partial charge in [-0.3, -0.25) is 5.10 Å². The monoisotopic (exact) mass is 324 g/mol. The van der Waals surface area contributed by atoms with Gasteiger partial charge >= 0.3 is 5.97 Å². The minimum atomic E-state index is -0.326. The van der Waals surface area contributed by atoms with Crippen molar-refractivity contribution in [2.75, 3.05) is 6.61 Å². The molecule has 0 aliphatic heterocycles. The average molecular weight is 324 g/mol. The summed E-state index contributed by atoms with van der Waals surface area (Å²) < 4.78 is 5.19. The molecule has 0 radical (unpaired) electrons. The Hall–Kier alpha value is -2.53. The Morgan fingerprint density at radius 1 is 1.13 bits per heavy atom. The Bertz CT molecular complexity index is 786. The van der Waals surface area contributed by atoms with Crippen LogP contribution in [0.4, 0.5) is 0 Å². The number of hydrogen-bond donors (Lipinski definition) is 1. The number of esters is 1. The van der Waals surface area contributed by atoms with Gasteiger partial charge in [0.2, 0.25) is 0 Å². The van der Waals surface area contributed by atoms with Crippen LogP contribution in [0, 0.1) is 0 Å². The van der Waals surface area contributed by atoms with Crippen molar-refractivity contribution in [1.29, 1.82) is 0 Å². The number of aromatic amines is 1. The van der Waals surface area contributed by atoms with Gasteiger partial charge in [0.1, 0.15) is 0 Å². The summed E-state index contributed by atoms with van der Waals surface area (Å²) in [5.74, 6) is -0.326. The van der Waals surface area contributed by atoms with E-state index in [1.807, 2.05) is 54.6 Å². The van der Waals surface area contributed by atoms with Crippen LogP contribution in [0.5, 0.6) is 0 Å². The Kier molecular flexibility index (Phi) is 4.78. The van der Waals surface area contributed by atoms with Crippen molar-refractivity contribution in [3.63, 3.8) is 0 Å². The molecule has 1 heterocycles. The van der Waals surface area contributed by atoms with Crippen molar-refractivity contribution in [3.8, 4) is 11.3 Å². The number of aromatic nitrogens is 2. The molecule has 1 N–H and O–H groups in total. The Labute approximate surface area is 138 Å². The zero-order valence-corrected chi connectivity index (χ0v) is 13.5. The van der Waals surface area contributed by atoms with Crippen molar-refractivity contribution in [3.05, 3.63) is 66.4 Å². The maximum atomic E-state index is 12.3. The Morgan fingerprint density at radius 3 is 2.65 bits per heavy atom. The number of carbonyl (C=O) groups excluding carboxylic acids is 1. The lowest BCUT2D eigenvalue weighted by molar-refractivity contribution is 0.0527. The largest absolute Gasteiger partial charge is 0.462 e. The SMILES string of the molecule is CCOC(=O)c1cc(Sc2ccccc2)ccc1-c1ccn[nH]1. The van der Waals surface area contributed by atoms with Crippen LogP contribution in [-0.4, -0.2) is 22.8 Å². The predicted octanol–water partition coefficient (Wildman–Crippen LogP) is 4.40. The topological polar surface area (TPSA) is 55.0 Å². The molecule has 0 aliphatic rings. The van der Waals surface area contributed by atoms with Crippen LogP contribution in [0.25, 0.3) is 11.3 Å². The van der Waals surface area contributed by atoms with E-state index in [2.05, 4.69) is 10.2 Å². The first-order valence-electron chi connectivity index (χ1n) is 7.31. The highest BCUT2D eigenvalue weighted by Gasteiger charge is 2.16. The second kappa shape index (κ2) is 7.15. The summed E-state index contributed by atoms with van der Waals surface area (Å²) in [6.07, 6.45) is 1.66. The van der Waals surface area contributed by atoms with E-state index in [4.69, 9.17) is 4.74 Å². The molecule has 0 saturated carbocycles. The van der Waals surface area contributed by atoms with Gasteiger partial charge in [0.05, 0.1) is 17.9 Å². The molecule has 3 aromatic rings. The molecule has 2 aromatic carbocycles. The molecule has 23 heavy (non-hydrogen) atoms. The minimum Gasteiger partial charge on any atom is -0.462 e. The first kappa shape index (κ1) is 15.4. The summed E-state index contributed by atoms with van der Waals surface area (Å²) in [6.45, 7) is 2.15. The van der Waals surface area contributed by atoms with E-state index < -0.39 is 0 Å². The molecule has 4 nitrogen and oxygen atoms in total. The summed E-state index contributed by atoms with van der Waals surface area (Å²) in [6, 6.07) is 17.7. The van der Waals surface area contributed by atoms with Gasteiger partial charge in [-0.05, 0) is 37.3 Å². The number of H-pyrrole nitrogens is 1. The van der Waals surface area contributed by atoms with E-state index >= 15 is 0 Å². The maximum Gasteiger partial charge on any atom is 0.338 e. The minimum absolute atomic E-state index is 0.326. The molecular weight excluding hydrogens is 308 g/mol. The first-order valence-corrected chi connectivity index (χ1v) is 8.13. The van der Waals surface area contributed by atoms with Gasteiger partial charge in [0, 0.05) is 21.6 Å². The fourth-order valence-electron chi connectivity index (χ4n) is 2.23. The van der Waals surface area contributed by atoms with Gasteiger partial charge in [-0.15, -0.1) is 0 Å². The van der Waals surface area contributed by atoms with E-state index in [0.717, 1.165) is 21.0 Å². The number of nitrogens with one attached hydrogen (secondary N) is 1. The van der Waals surface area contributed by atoms with Crippen molar-refractivity contribution < 1.29 is 9.53 Å². The number of nitrogens with zero attached hydrogens (tertiary/aromatic N) is 1. The number of hydrogen-bond acceptors (Lipinski definition) is 4. The summed E-state index contributed by atoms with van der Waals surface area (Å²) in [7, 11) is 0. The van der Waals surface area contributed by atoms with Crippen molar-refractivity contribution in [2.24, 2.45) is 0 Å². The third-order valence-corrected chi connectivity index (χ3v) is 4.25. The Morgan fingerprint density at radius 2 is 1.96 bits per heavy atom. The second-order valence-electron chi connectivity index (χ2n) is 4.81. The lowest BCUT2D eigenvalue weighted by atomic mass is 10.0. The van der Waals surface area contributed by atoms with E-state index in [1.165, 1.54) is 0 Å². The molecule has 0 aliphatic carbocycles. The van der Waals surface area contributed by atoms with Crippen LogP contribution >= 0.6 is 11.8 Å². The normalized spacial score (nSPS) is 10.5. The third kappa shape index (κ3) is 3.63. The molecule has 0 spiro atoms. The van der Waals surface area contributed by atoms with Crippen LogP contribution in [0.2, 0.25) is 0 Å². The van der Waals surface area contributed by atoms with E-state index in [-0.39, 0.29) is 5.97 Å². The van der Waals surface area contributed by atoms with E-state index in [0.29, 0.717) is 12.2 Å². The molecule has 1 aromatic heterocycles. The predicted molar refractivity (Wildman–Crippen MR) is 90.5 cm³/mol. The molecule has 0 unspecified atom stereocenters. The van der Waals surface area contributed by atoms with E-state index in [9.17, 15) is 4.79 Å².